The molecule has 0 amide bonds. The molecule has 1 unspecified atom stereocenters. The average Bonchev–Trinajstić information content (AvgIpc) is 2.48. The molecule has 0 spiro atoms. The van der Waals surface area contributed by atoms with E-state index in [0.717, 1.165) is 5.75 Å². The molecular formula is C16H16O4S. The van der Waals surface area contributed by atoms with Crippen LogP contribution in [0.4, 0.5) is 0 Å². The number of benzene rings is 2. The Morgan fingerprint density at radius 2 is 1.90 bits per heavy atom. The first-order valence-electron chi connectivity index (χ1n) is 6.48. The molecule has 0 saturated heterocycles. The van der Waals surface area contributed by atoms with E-state index in [9.17, 15) is 9.00 Å². The predicted octanol–water partition coefficient (Wildman–Crippen LogP) is 2.88. The van der Waals surface area contributed by atoms with Crippen LogP contribution in [0.25, 0.3) is 0 Å². The van der Waals surface area contributed by atoms with Crippen LogP contribution in [-0.4, -0.2) is 27.6 Å². The van der Waals surface area contributed by atoms with E-state index in [2.05, 4.69) is 0 Å². The largest absolute Gasteiger partial charge is 0.493 e. The van der Waals surface area contributed by atoms with Gasteiger partial charge in [0.05, 0.1) is 22.1 Å². The van der Waals surface area contributed by atoms with Crippen molar-refractivity contribution in [3.8, 4) is 5.75 Å². The number of aryl methyl sites for hydroxylation is 1. The van der Waals surface area contributed by atoms with Crippen LogP contribution in [0.15, 0.2) is 53.4 Å². The van der Waals surface area contributed by atoms with Gasteiger partial charge in [-0.1, -0.05) is 24.3 Å². The fourth-order valence-corrected chi connectivity index (χ4v) is 2.78. The number of aromatic carboxylic acids is 1. The molecule has 0 saturated carbocycles. The zero-order valence-corrected chi connectivity index (χ0v) is 12.4. The van der Waals surface area contributed by atoms with E-state index < -0.39 is 16.8 Å². The summed E-state index contributed by atoms with van der Waals surface area (Å²) in [6.07, 6.45) is 0. The average molecular weight is 304 g/mol. The lowest BCUT2D eigenvalue weighted by molar-refractivity contribution is 0.0696. The highest BCUT2D eigenvalue weighted by Crippen LogP contribution is 2.15. The maximum absolute atomic E-state index is 12.2. The Morgan fingerprint density at radius 3 is 2.57 bits per heavy atom. The van der Waals surface area contributed by atoms with E-state index in [4.69, 9.17) is 9.84 Å². The molecule has 2 aromatic carbocycles. The van der Waals surface area contributed by atoms with Crippen LogP contribution >= 0.6 is 0 Å². The quantitative estimate of drug-likeness (QED) is 0.891. The molecule has 0 radical (unpaired) electrons. The first kappa shape index (κ1) is 15.3. The normalized spacial score (nSPS) is 11.9. The summed E-state index contributed by atoms with van der Waals surface area (Å²) in [6.45, 7) is 2.03. The van der Waals surface area contributed by atoms with Gasteiger partial charge in [-0.25, -0.2) is 4.79 Å². The van der Waals surface area contributed by atoms with Crippen molar-refractivity contribution in [2.45, 2.75) is 11.8 Å². The van der Waals surface area contributed by atoms with Crippen molar-refractivity contribution in [3.63, 3.8) is 0 Å². The Bertz CT molecular complexity index is 653. The molecule has 0 heterocycles. The number of carboxylic acid groups (broad SMARTS) is 1. The van der Waals surface area contributed by atoms with Crippen molar-refractivity contribution < 1.29 is 18.8 Å². The third kappa shape index (κ3) is 4.16. The molecule has 4 nitrogen and oxygen atoms in total. The minimum absolute atomic E-state index is 0.185. The summed E-state index contributed by atoms with van der Waals surface area (Å²) in [5.41, 5.74) is 0.841. The van der Waals surface area contributed by atoms with E-state index in [-0.39, 0.29) is 5.56 Å². The molecular weight excluding hydrogens is 288 g/mol. The van der Waals surface area contributed by atoms with Crippen LogP contribution in [0.1, 0.15) is 15.9 Å². The number of carboxylic acids is 1. The third-order valence-electron chi connectivity index (χ3n) is 2.98. The molecule has 0 aliphatic rings. The number of hydrogen-bond donors (Lipinski definition) is 1. The summed E-state index contributed by atoms with van der Waals surface area (Å²) in [6, 6.07) is 14.1. The molecule has 110 valence electrons. The predicted molar refractivity (Wildman–Crippen MR) is 81.4 cm³/mol. The Morgan fingerprint density at radius 1 is 1.19 bits per heavy atom. The van der Waals surface area contributed by atoms with Crippen LogP contribution in [0.3, 0.4) is 0 Å². The lowest BCUT2D eigenvalue weighted by Crippen LogP contribution is -2.10. The van der Waals surface area contributed by atoms with Crippen molar-refractivity contribution in [1.29, 1.82) is 0 Å². The number of carbonyl (C=O) groups is 1. The molecule has 0 fully saturated rings. The van der Waals surface area contributed by atoms with Crippen LogP contribution in [0, 0.1) is 6.92 Å². The Balaban J connectivity index is 1.97. The first-order chi connectivity index (χ1) is 10.1. The van der Waals surface area contributed by atoms with E-state index in [1.807, 2.05) is 30.3 Å². The molecule has 1 atom stereocenters. The van der Waals surface area contributed by atoms with E-state index in [1.54, 1.807) is 19.1 Å². The lowest BCUT2D eigenvalue weighted by atomic mass is 10.1. The van der Waals surface area contributed by atoms with Crippen molar-refractivity contribution in [3.05, 3.63) is 59.7 Å². The van der Waals surface area contributed by atoms with Gasteiger partial charge in [-0.05, 0) is 36.8 Å². The SMILES string of the molecule is Cc1ccc(S(=O)CCOc2ccccc2)cc1C(=O)O. The standard InChI is InChI=1S/C16H16O4S/c1-12-7-8-14(11-15(12)16(17)18)21(19)10-9-20-13-5-3-2-4-6-13/h2-8,11H,9-10H2,1H3,(H,17,18). The molecule has 0 aliphatic heterocycles. The summed E-state index contributed by atoms with van der Waals surface area (Å²) in [5.74, 6) is 0.0355. The van der Waals surface area contributed by atoms with Crippen LogP contribution in [-0.2, 0) is 10.8 Å². The smallest absolute Gasteiger partial charge is 0.335 e. The maximum atomic E-state index is 12.2. The fourth-order valence-electron chi connectivity index (χ4n) is 1.84. The van der Waals surface area contributed by atoms with Gasteiger partial charge in [0, 0.05) is 4.90 Å². The minimum Gasteiger partial charge on any atom is -0.493 e. The zero-order chi connectivity index (χ0) is 15.2. The van der Waals surface area contributed by atoms with E-state index in [1.165, 1.54) is 6.07 Å². The number of rotatable bonds is 6. The Hall–Kier alpha value is -2.14. The van der Waals surface area contributed by atoms with E-state index >= 15 is 0 Å². The summed E-state index contributed by atoms with van der Waals surface area (Å²) < 4.78 is 17.6. The van der Waals surface area contributed by atoms with Crippen molar-refractivity contribution >= 4 is 16.8 Å². The van der Waals surface area contributed by atoms with Gasteiger partial charge in [-0.15, -0.1) is 0 Å². The molecule has 0 bridgehead atoms. The highest BCUT2D eigenvalue weighted by atomic mass is 32.2. The monoisotopic (exact) mass is 304 g/mol. The molecule has 1 N–H and O–H groups in total. The van der Waals surface area contributed by atoms with Crippen molar-refractivity contribution in [2.75, 3.05) is 12.4 Å². The summed E-state index contributed by atoms with van der Waals surface area (Å²) in [4.78, 5) is 11.6. The third-order valence-corrected chi connectivity index (χ3v) is 4.30. The van der Waals surface area contributed by atoms with Gasteiger partial charge in [0.2, 0.25) is 0 Å². The Kier molecular flexibility index (Phi) is 5.11. The minimum atomic E-state index is -1.28. The van der Waals surface area contributed by atoms with Gasteiger partial charge >= 0.3 is 5.97 Å². The molecule has 2 aromatic rings. The van der Waals surface area contributed by atoms with Gasteiger partial charge in [-0.3, -0.25) is 4.21 Å². The second-order valence-corrected chi connectivity index (χ2v) is 6.06. The van der Waals surface area contributed by atoms with Gasteiger partial charge in [0.15, 0.2) is 0 Å². The van der Waals surface area contributed by atoms with Gasteiger partial charge in [0.1, 0.15) is 12.4 Å². The summed E-state index contributed by atoms with van der Waals surface area (Å²) in [5, 5.41) is 9.07. The van der Waals surface area contributed by atoms with E-state index in [0.29, 0.717) is 22.8 Å². The molecule has 21 heavy (non-hydrogen) atoms. The number of hydrogen-bond acceptors (Lipinski definition) is 3. The van der Waals surface area contributed by atoms with Crippen molar-refractivity contribution in [1.82, 2.24) is 0 Å². The second kappa shape index (κ2) is 7.04. The highest BCUT2D eigenvalue weighted by Gasteiger charge is 2.11. The molecule has 0 aromatic heterocycles. The number of para-hydroxylation sites is 1. The van der Waals surface area contributed by atoms with Gasteiger partial charge in [-0.2, -0.15) is 0 Å². The highest BCUT2D eigenvalue weighted by molar-refractivity contribution is 7.85. The van der Waals surface area contributed by atoms with Crippen LogP contribution in [0.2, 0.25) is 0 Å². The summed E-state index contributed by atoms with van der Waals surface area (Å²) >= 11 is 0. The zero-order valence-electron chi connectivity index (χ0n) is 11.6. The van der Waals surface area contributed by atoms with Gasteiger partial charge < -0.3 is 9.84 Å². The number of ether oxygens (including phenoxy) is 1. The van der Waals surface area contributed by atoms with Crippen LogP contribution in [0.5, 0.6) is 5.75 Å². The lowest BCUT2D eigenvalue weighted by Gasteiger charge is -2.07. The molecule has 0 aliphatic carbocycles. The Labute approximate surface area is 125 Å². The summed E-state index contributed by atoms with van der Waals surface area (Å²) in [7, 11) is -1.28. The molecule has 2 rings (SSSR count). The topological polar surface area (TPSA) is 63.6 Å². The fraction of sp³-hybridized carbons (Fsp3) is 0.188. The van der Waals surface area contributed by atoms with Crippen molar-refractivity contribution in [2.24, 2.45) is 0 Å². The maximum Gasteiger partial charge on any atom is 0.335 e. The van der Waals surface area contributed by atoms with Crippen LogP contribution < -0.4 is 4.74 Å². The first-order valence-corrected chi connectivity index (χ1v) is 7.80. The van der Waals surface area contributed by atoms with Gasteiger partial charge in [0.25, 0.3) is 0 Å². The molecule has 5 heteroatoms. The second-order valence-electron chi connectivity index (χ2n) is 4.49.